The second kappa shape index (κ2) is 16.3. The molecule has 6 aliphatic rings. The molecule has 3 aromatic rings. The smallest absolute Gasteiger partial charge is 0.271 e. The minimum absolute atomic E-state index is 0.00228. The Kier molecular flexibility index (Phi) is 10.9. The van der Waals surface area contributed by atoms with Crippen molar-refractivity contribution >= 4 is 40.8 Å². The van der Waals surface area contributed by atoms with E-state index in [0.29, 0.717) is 53.0 Å². The number of imide groups is 1. The van der Waals surface area contributed by atoms with Gasteiger partial charge in [-0.15, -0.1) is 0 Å². The molecule has 2 aromatic carbocycles. The number of piperazine rings is 1. The topological polar surface area (TPSA) is 187 Å². The number of aliphatic hydroxyl groups excluding tert-OH is 2. The fourth-order valence-electron chi connectivity index (χ4n) is 10.1. The van der Waals surface area contributed by atoms with Gasteiger partial charge in [0.1, 0.15) is 41.6 Å². The molecule has 310 valence electrons. The van der Waals surface area contributed by atoms with Crippen LogP contribution >= 0.6 is 11.6 Å². The highest BCUT2D eigenvalue weighted by atomic mass is 35.5. The maximum atomic E-state index is 15.5. The molecule has 6 atom stereocenters. The largest absolute Gasteiger partial charge is 0.490 e. The summed E-state index contributed by atoms with van der Waals surface area (Å²) in [7, 11) is 0. The third-order valence-corrected chi connectivity index (χ3v) is 13.6. The van der Waals surface area contributed by atoms with E-state index in [1.165, 1.54) is 6.07 Å². The molecule has 0 bridgehead atoms. The zero-order valence-corrected chi connectivity index (χ0v) is 33.2. The van der Waals surface area contributed by atoms with Crippen LogP contribution in [0.25, 0.3) is 0 Å². The number of amides is 3. The van der Waals surface area contributed by atoms with E-state index in [-0.39, 0.29) is 47.7 Å². The van der Waals surface area contributed by atoms with Gasteiger partial charge in [0.05, 0.1) is 51.9 Å². The molecule has 0 radical (unpaired) electrons. The van der Waals surface area contributed by atoms with Crippen LogP contribution in [0.2, 0.25) is 5.02 Å². The first-order valence-electron chi connectivity index (χ1n) is 20.6. The number of rotatable bonds is 8. The Hall–Kier alpha value is -4.92. The Morgan fingerprint density at radius 2 is 1.63 bits per heavy atom. The molecule has 4 aliphatic heterocycles. The summed E-state index contributed by atoms with van der Waals surface area (Å²) in [6.45, 7) is 4.43. The number of nitriles is 1. The van der Waals surface area contributed by atoms with Gasteiger partial charge in [-0.3, -0.25) is 29.5 Å². The van der Waals surface area contributed by atoms with Gasteiger partial charge in [-0.25, -0.2) is 14.4 Å². The van der Waals surface area contributed by atoms with Crippen molar-refractivity contribution in [3.8, 4) is 11.8 Å². The molecular formula is C42H47ClFN9O6. The summed E-state index contributed by atoms with van der Waals surface area (Å²) in [6.07, 6.45) is 6.80. The number of hydrogen-bond acceptors (Lipinski definition) is 13. The van der Waals surface area contributed by atoms with Gasteiger partial charge >= 0.3 is 0 Å². The molecule has 0 spiro atoms. The maximum Gasteiger partial charge on any atom is 0.271 e. The number of anilines is 2. The number of carbonyl (C=O) groups excluding carboxylic acids is 3. The normalized spacial score (nSPS) is 29.6. The molecule has 17 heteroatoms. The van der Waals surface area contributed by atoms with Crippen LogP contribution < -0.4 is 25.2 Å². The van der Waals surface area contributed by atoms with E-state index in [1.54, 1.807) is 30.6 Å². The number of aliphatic hydroxyl groups is 2. The van der Waals surface area contributed by atoms with Crippen molar-refractivity contribution in [1.82, 2.24) is 30.4 Å². The average molecular weight is 828 g/mol. The molecule has 3 unspecified atom stereocenters. The molecule has 3 amide bonds. The van der Waals surface area contributed by atoms with E-state index >= 15 is 4.39 Å². The Morgan fingerprint density at radius 3 is 2.27 bits per heavy atom. The van der Waals surface area contributed by atoms with Crippen LogP contribution in [0.3, 0.4) is 0 Å². The molecule has 2 saturated carbocycles. The van der Waals surface area contributed by atoms with E-state index in [4.69, 9.17) is 21.6 Å². The standard InChI is InChI=1S/C42H47ClFN9O6/c43-32-15-29(4-1-23(32)18-45)59-28-5-2-26(3-6-28)48-39(55)34-19-47-37(20-46-34)52-21-24-13-27(14-25(24)22-52)50-9-11-51(12-10-50)36-17-31-30(16-33(36)44)41(57)53(42(31)58)35-7-8-38(54)49-40(35)56/h1,4,15-17,19-20,24-28,35,38,40,49,54,56H,2-3,5-14,21-22H2,(H,48,55)/t24-,25+,26-,27-,28-,35?,38?,40?. The number of carbonyl (C=O) groups is 3. The van der Waals surface area contributed by atoms with Gasteiger partial charge in [0.25, 0.3) is 17.7 Å². The highest BCUT2D eigenvalue weighted by Crippen LogP contribution is 2.42. The predicted molar refractivity (Wildman–Crippen MR) is 213 cm³/mol. The van der Waals surface area contributed by atoms with Crippen LogP contribution in [-0.2, 0) is 0 Å². The SMILES string of the molecule is N#Cc1ccc(O[C@H]2CC[C@H](NC(=O)c3cnc(N4C[C@H]5C[C@@H](N6CCN(c7cc8c(cc7F)C(=O)N(C7CCC(O)NC7O)C8=O)CC6)C[C@H]5C4)cn3)CC2)cc1Cl. The summed E-state index contributed by atoms with van der Waals surface area (Å²) in [6, 6.07) is 9.34. The number of nitrogens with one attached hydrogen (secondary N) is 2. The van der Waals surface area contributed by atoms with Gasteiger partial charge in [-0.2, -0.15) is 5.26 Å². The molecule has 4 N–H and O–H groups in total. The van der Waals surface area contributed by atoms with Crippen molar-refractivity contribution in [3.05, 3.63) is 75.9 Å². The van der Waals surface area contributed by atoms with Gasteiger partial charge in [0.2, 0.25) is 0 Å². The van der Waals surface area contributed by atoms with Gasteiger partial charge in [-0.1, -0.05) is 11.6 Å². The summed E-state index contributed by atoms with van der Waals surface area (Å²) >= 11 is 6.15. The minimum atomic E-state index is -1.27. The van der Waals surface area contributed by atoms with Crippen LogP contribution in [-0.4, -0.2) is 124 Å². The van der Waals surface area contributed by atoms with Crippen molar-refractivity contribution in [2.24, 2.45) is 11.8 Å². The van der Waals surface area contributed by atoms with E-state index in [2.05, 4.69) is 30.4 Å². The lowest BCUT2D eigenvalue weighted by atomic mass is 9.93. The number of nitrogens with zero attached hydrogens (tertiary/aromatic N) is 7. The third kappa shape index (κ3) is 7.82. The molecule has 5 fully saturated rings. The predicted octanol–water partition coefficient (Wildman–Crippen LogP) is 3.28. The third-order valence-electron chi connectivity index (χ3n) is 13.2. The van der Waals surface area contributed by atoms with Gasteiger partial charge in [0.15, 0.2) is 0 Å². The van der Waals surface area contributed by atoms with Crippen molar-refractivity contribution in [2.75, 3.05) is 49.1 Å². The summed E-state index contributed by atoms with van der Waals surface area (Å²) in [5.74, 6) is 0.444. The lowest BCUT2D eigenvalue weighted by Gasteiger charge is -2.39. The number of aromatic nitrogens is 2. The molecule has 2 aliphatic carbocycles. The average Bonchev–Trinajstić information content (AvgIpc) is 3.89. The lowest BCUT2D eigenvalue weighted by molar-refractivity contribution is -0.0413. The second-order valence-electron chi connectivity index (χ2n) is 16.8. The van der Waals surface area contributed by atoms with Crippen molar-refractivity contribution in [3.63, 3.8) is 0 Å². The summed E-state index contributed by atoms with van der Waals surface area (Å²) in [5.41, 5.74) is 1.13. The van der Waals surface area contributed by atoms with E-state index in [1.807, 2.05) is 11.0 Å². The number of ether oxygens (including phenoxy) is 1. The molecule has 1 aromatic heterocycles. The van der Waals surface area contributed by atoms with Crippen LogP contribution in [0.1, 0.15) is 88.1 Å². The first kappa shape index (κ1) is 39.5. The number of piperidine rings is 1. The van der Waals surface area contributed by atoms with Crippen LogP contribution in [0, 0.1) is 29.0 Å². The van der Waals surface area contributed by atoms with Crippen LogP contribution in [0.15, 0.2) is 42.7 Å². The second-order valence-corrected chi connectivity index (χ2v) is 17.2. The van der Waals surface area contributed by atoms with Crippen molar-refractivity contribution < 1.29 is 33.7 Å². The maximum absolute atomic E-state index is 15.5. The van der Waals surface area contributed by atoms with Crippen LogP contribution in [0.5, 0.6) is 5.75 Å². The number of hydrogen-bond donors (Lipinski definition) is 4. The van der Waals surface area contributed by atoms with E-state index in [9.17, 15) is 24.6 Å². The quantitative estimate of drug-likeness (QED) is 0.243. The summed E-state index contributed by atoms with van der Waals surface area (Å²) in [5, 5.41) is 35.4. The Balaban J connectivity index is 0.726. The molecule has 3 saturated heterocycles. The first-order chi connectivity index (χ1) is 28.5. The number of benzene rings is 2. The zero-order valence-electron chi connectivity index (χ0n) is 32.5. The van der Waals surface area contributed by atoms with E-state index < -0.39 is 36.1 Å². The van der Waals surface area contributed by atoms with Crippen LogP contribution in [0.4, 0.5) is 15.9 Å². The monoisotopic (exact) mass is 827 g/mol. The summed E-state index contributed by atoms with van der Waals surface area (Å²) < 4.78 is 21.6. The minimum Gasteiger partial charge on any atom is -0.490 e. The Morgan fingerprint density at radius 1 is 0.915 bits per heavy atom. The Bertz CT molecular complexity index is 2140. The molecular weight excluding hydrogens is 781 g/mol. The molecule has 9 rings (SSSR count). The van der Waals surface area contributed by atoms with E-state index in [0.717, 1.165) is 81.5 Å². The molecule has 5 heterocycles. The van der Waals surface area contributed by atoms with Gasteiger partial charge in [0, 0.05) is 57.4 Å². The molecule has 59 heavy (non-hydrogen) atoms. The first-order valence-corrected chi connectivity index (χ1v) is 21.0. The summed E-state index contributed by atoms with van der Waals surface area (Å²) in [4.78, 5) is 56.5. The lowest BCUT2D eigenvalue weighted by Crippen LogP contribution is -2.58. The number of fused-ring (bicyclic) bond motifs is 2. The molecule has 15 nitrogen and oxygen atoms in total. The van der Waals surface area contributed by atoms with Gasteiger partial charge in [-0.05, 0) is 87.5 Å². The highest BCUT2D eigenvalue weighted by Gasteiger charge is 2.46. The number of halogens is 2. The fourth-order valence-corrected chi connectivity index (χ4v) is 10.3. The van der Waals surface area contributed by atoms with Gasteiger partial charge < -0.3 is 30.1 Å². The zero-order chi connectivity index (χ0) is 40.9. The highest BCUT2D eigenvalue weighted by molar-refractivity contribution is 6.31. The van der Waals surface area contributed by atoms with Crippen molar-refractivity contribution in [1.29, 1.82) is 5.26 Å². The Labute approximate surface area is 346 Å². The van der Waals surface area contributed by atoms with Crippen molar-refractivity contribution in [2.45, 2.75) is 88.1 Å². The fraction of sp³-hybridized carbons (Fsp3) is 0.524.